The molecular formula is C19H26N3O5S+. The Labute approximate surface area is 165 Å². The third-order valence-electron chi connectivity index (χ3n) is 4.54. The van der Waals surface area contributed by atoms with Gasteiger partial charge in [-0.1, -0.05) is 6.07 Å². The van der Waals surface area contributed by atoms with Crippen LogP contribution in [0.4, 0.5) is 5.69 Å². The molecule has 1 amide bonds. The Bertz CT molecular complexity index is 929. The second kappa shape index (κ2) is 9.05. The standard InChI is InChI=1S/C19H25N3O5S/c1-13(19(23)21-15-8-10-16(11-9-15)28(20,24)25)22(2)12-14-6-5-7-17(26-3)18(14)27-4/h5-11,13H,12H2,1-4H3,(H,21,23)(H2,20,24,25)/p+1/t13-/m0/s1. The van der Waals surface area contributed by atoms with Gasteiger partial charge in [-0.25, -0.2) is 13.6 Å². The molecule has 2 aromatic rings. The first-order chi connectivity index (χ1) is 13.2. The van der Waals surface area contributed by atoms with Crippen molar-refractivity contribution in [3.63, 3.8) is 0 Å². The first-order valence-corrected chi connectivity index (χ1v) is 10.2. The van der Waals surface area contributed by atoms with Crippen molar-refractivity contribution in [1.29, 1.82) is 0 Å². The first kappa shape index (κ1) is 21.7. The Kier molecular flexibility index (Phi) is 7.00. The summed E-state index contributed by atoms with van der Waals surface area (Å²) in [5, 5.41) is 7.86. The van der Waals surface area contributed by atoms with Gasteiger partial charge in [0, 0.05) is 5.69 Å². The first-order valence-electron chi connectivity index (χ1n) is 8.63. The summed E-state index contributed by atoms with van der Waals surface area (Å²) in [4.78, 5) is 13.5. The molecule has 0 saturated carbocycles. The van der Waals surface area contributed by atoms with Crippen LogP contribution in [-0.2, 0) is 21.4 Å². The molecule has 4 N–H and O–H groups in total. The van der Waals surface area contributed by atoms with Crippen LogP contribution in [0.25, 0.3) is 0 Å². The third-order valence-corrected chi connectivity index (χ3v) is 5.47. The molecule has 152 valence electrons. The van der Waals surface area contributed by atoms with Gasteiger partial charge >= 0.3 is 0 Å². The Balaban J connectivity index is 2.07. The van der Waals surface area contributed by atoms with E-state index >= 15 is 0 Å². The molecule has 2 atom stereocenters. The molecule has 0 aliphatic heterocycles. The number of quaternary nitrogens is 1. The van der Waals surface area contributed by atoms with E-state index < -0.39 is 10.0 Å². The number of ether oxygens (including phenoxy) is 2. The number of amides is 1. The largest absolute Gasteiger partial charge is 0.493 e. The van der Waals surface area contributed by atoms with Gasteiger partial charge in [0.2, 0.25) is 10.0 Å². The second-order valence-electron chi connectivity index (χ2n) is 6.46. The number of rotatable bonds is 8. The Hall–Kier alpha value is -2.62. The molecule has 0 fully saturated rings. The molecule has 0 radical (unpaired) electrons. The van der Waals surface area contributed by atoms with Crippen molar-refractivity contribution in [1.82, 2.24) is 0 Å². The maximum atomic E-state index is 12.6. The van der Waals surface area contributed by atoms with Crippen molar-refractivity contribution in [2.75, 3.05) is 26.6 Å². The highest BCUT2D eigenvalue weighted by molar-refractivity contribution is 7.89. The SMILES string of the molecule is COc1cccc(C[NH+](C)[C@@H](C)C(=O)Nc2ccc(S(N)(=O)=O)cc2)c1OC. The smallest absolute Gasteiger partial charge is 0.282 e. The van der Waals surface area contributed by atoms with Gasteiger partial charge in [-0.3, -0.25) is 4.79 Å². The molecule has 2 rings (SSSR count). The third kappa shape index (κ3) is 5.22. The number of benzene rings is 2. The van der Waals surface area contributed by atoms with Gasteiger partial charge in [0.05, 0.1) is 31.7 Å². The molecule has 0 heterocycles. The fraction of sp³-hybridized carbons (Fsp3) is 0.316. The number of likely N-dealkylation sites (N-methyl/N-ethyl adjacent to an activating group) is 1. The summed E-state index contributed by atoms with van der Waals surface area (Å²) in [6.07, 6.45) is 0. The number of anilines is 1. The number of hydrogen-bond donors (Lipinski definition) is 3. The molecular weight excluding hydrogens is 382 g/mol. The van der Waals surface area contributed by atoms with Gasteiger partial charge < -0.3 is 19.7 Å². The maximum Gasteiger partial charge on any atom is 0.282 e. The average molecular weight is 409 g/mol. The average Bonchev–Trinajstić information content (AvgIpc) is 2.66. The van der Waals surface area contributed by atoms with Gasteiger partial charge in [-0.15, -0.1) is 0 Å². The van der Waals surface area contributed by atoms with Crippen molar-refractivity contribution in [2.24, 2.45) is 5.14 Å². The summed E-state index contributed by atoms with van der Waals surface area (Å²) in [5.74, 6) is 1.10. The number of nitrogens with two attached hydrogens (primary N) is 1. The van der Waals surface area contributed by atoms with Crippen LogP contribution in [0.3, 0.4) is 0 Å². The predicted octanol–water partition coefficient (Wildman–Crippen LogP) is 0.393. The lowest BCUT2D eigenvalue weighted by atomic mass is 10.1. The molecule has 2 aromatic carbocycles. The van der Waals surface area contributed by atoms with Crippen molar-refractivity contribution < 1.29 is 27.6 Å². The number of primary sulfonamides is 1. The van der Waals surface area contributed by atoms with E-state index in [4.69, 9.17) is 14.6 Å². The summed E-state index contributed by atoms with van der Waals surface area (Å²) in [6, 6.07) is 11.0. The molecule has 0 aliphatic rings. The number of hydrogen-bond acceptors (Lipinski definition) is 5. The van der Waals surface area contributed by atoms with Gasteiger partial charge in [-0.2, -0.15) is 0 Å². The number of carbonyl (C=O) groups excluding carboxylic acids is 1. The molecule has 8 nitrogen and oxygen atoms in total. The molecule has 0 saturated heterocycles. The van der Waals surface area contributed by atoms with Gasteiger partial charge in [0.25, 0.3) is 5.91 Å². The fourth-order valence-corrected chi connectivity index (χ4v) is 3.26. The summed E-state index contributed by atoms with van der Waals surface area (Å²) in [6.45, 7) is 2.37. The number of para-hydroxylation sites is 1. The van der Waals surface area contributed by atoms with Crippen LogP contribution in [0.2, 0.25) is 0 Å². The van der Waals surface area contributed by atoms with Crippen LogP contribution in [-0.4, -0.2) is 41.6 Å². The Morgan fingerprint density at radius 2 is 1.79 bits per heavy atom. The zero-order chi connectivity index (χ0) is 20.9. The van der Waals surface area contributed by atoms with Gasteiger partial charge in [0.15, 0.2) is 17.5 Å². The summed E-state index contributed by atoms with van der Waals surface area (Å²) in [5.41, 5.74) is 1.42. The van der Waals surface area contributed by atoms with Crippen LogP contribution >= 0.6 is 0 Å². The lowest BCUT2D eigenvalue weighted by Crippen LogP contribution is -3.12. The number of sulfonamides is 1. The highest BCUT2D eigenvalue weighted by Crippen LogP contribution is 2.30. The van der Waals surface area contributed by atoms with Crippen molar-refractivity contribution in [3.8, 4) is 11.5 Å². The maximum absolute atomic E-state index is 12.6. The fourth-order valence-electron chi connectivity index (χ4n) is 2.75. The molecule has 9 heteroatoms. The highest BCUT2D eigenvalue weighted by Gasteiger charge is 2.24. The number of methoxy groups -OCH3 is 2. The molecule has 1 unspecified atom stereocenters. The predicted molar refractivity (Wildman–Crippen MR) is 106 cm³/mol. The van der Waals surface area contributed by atoms with Crippen molar-refractivity contribution in [2.45, 2.75) is 24.4 Å². The van der Waals surface area contributed by atoms with E-state index in [1.54, 1.807) is 14.2 Å². The Morgan fingerprint density at radius 3 is 2.32 bits per heavy atom. The van der Waals surface area contributed by atoms with Crippen LogP contribution in [0.5, 0.6) is 11.5 Å². The molecule has 0 aliphatic carbocycles. The molecule has 0 spiro atoms. The molecule has 0 aromatic heterocycles. The van der Waals surface area contributed by atoms with Crippen molar-refractivity contribution >= 4 is 21.6 Å². The summed E-state index contributed by atoms with van der Waals surface area (Å²) < 4.78 is 33.4. The minimum absolute atomic E-state index is 0.00795. The van der Waals surface area contributed by atoms with E-state index in [0.29, 0.717) is 23.7 Å². The quantitative estimate of drug-likeness (QED) is 0.585. The minimum atomic E-state index is -3.76. The summed E-state index contributed by atoms with van der Waals surface area (Å²) in [7, 11) is 1.31. The zero-order valence-corrected chi connectivity index (χ0v) is 17.2. The van der Waals surface area contributed by atoms with E-state index in [9.17, 15) is 13.2 Å². The number of nitrogens with one attached hydrogen (secondary N) is 2. The van der Waals surface area contributed by atoms with E-state index in [1.165, 1.54) is 24.3 Å². The van der Waals surface area contributed by atoms with Gasteiger partial charge in [-0.05, 0) is 43.3 Å². The van der Waals surface area contributed by atoms with Crippen LogP contribution in [0.1, 0.15) is 12.5 Å². The highest BCUT2D eigenvalue weighted by atomic mass is 32.2. The van der Waals surface area contributed by atoms with E-state index in [2.05, 4.69) is 5.32 Å². The molecule has 0 bridgehead atoms. The van der Waals surface area contributed by atoms with E-state index in [-0.39, 0.29) is 16.8 Å². The van der Waals surface area contributed by atoms with Gasteiger partial charge in [0.1, 0.15) is 6.54 Å². The topological polar surface area (TPSA) is 112 Å². The Morgan fingerprint density at radius 1 is 1.14 bits per heavy atom. The van der Waals surface area contributed by atoms with Crippen LogP contribution < -0.4 is 24.8 Å². The lowest BCUT2D eigenvalue weighted by Gasteiger charge is -2.22. The molecule has 28 heavy (non-hydrogen) atoms. The summed E-state index contributed by atoms with van der Waals surface area (Å²) >= 11 is 0. The van der Waals surface area contributed by atoms with Crippen LogP contribution in [0, 0.1) is 0 Å². The van der Waals surface area contributed by atoms with E-state index in [1.807, 2.05) is 32.2 Å². The minimum Gasteiger partial charge on any atom is -0.493 e. The zero-order valence-electron chi connectivity index (χ0n) is 16.4. The number of carbonyl (C=O) groups is 1. The lowest BCUT2D eigenvalue weighted by molar-refractivity contribution is -0.907. The van der Waals surface area contributed by atoms with Crippen LogP contribution in [0.15, 0.2) is 47.4 Å². The van der Waals surface area contributed by atoms with Crippen molar-refractivity contribution in [3.05, 3.63) is 48.0 Å². The van der Waals surface area contributed by atoms with E-state index in [0.717, 1.165) is 10.5 Å². The monoisotopic (exact) mass is 408 g/mol. The second-order valence-corrected chi connectivity index (χ2v) is 8.02. The normalized spacial score (nSPS) is 13.5.